The summed E-state index contributed by atoms with van der Waals surface area (Å²) in [6.45, 7) is 1.64. The second kappa shape index (κ2) is 6.56. The lowest BCUT2D eigenvalue weighted by molar-refractivity contribution is -0.131. The minimum absolute atomic E-state index is 0.00985. The number of hydrogen-bond donors (Lipinski definition) is 0. The van der Waals surface area contributed by atoms with Gasteiger partial charge >= 0.3 is 6.09 Å². The summed E-state index contributed by atoms with van der Waals surface area (Å²) in [5, 5.41) is 0. The predicted octanol–water partition coefficient (Wildman–Crippen LogP) is 2.53. The molecule has 2 aliphatic heterocycles. The molecule has 6 heteroatoms. The number of ether oxygens (including phenoxy) is 1. The first-order chi connectivity index (χ1) is 11.1. The zero-order valence-corrected chi connectivity index (χ0v) is 13.2. The van der Waals surface area contributed by atoms with Gasteiger partial charge in [0.1, 0.15) is 13.3 Å². The van der Waals surface area contributed by atoms with Crippen LogP contribution in [0.5, 0.6) is 0 Å². The van der Waals surface area contributed by atoms with E-state index in [1.807, 2.05) is 42.2 Å². The topological polar surface area (TPSA) is 49.9 Å². The fourth-order valence-corrected chi connectivity index (χ4v) is 3.71. The third-order valence-electron chi connectivity index (χ3n) is 4.78. The summed E-state index contributed by atoms with van der Waals surface area (Å²) in [5.74, 6) is 0.0549. The normalized spacial score (nSPS) is 24.7. The van der Waals surface area contributed by atoms with Crippen LogP contribution in [0.15, 0.2) is 30.3 Å². The molecule has 1 aromatic carbocycles. The average molecular weight is 320 g/mol. The molecule has 124 valence electrons. The molecule has 0 saturated carbocycles. The second-order valence-corrected chi connectivity index (χ2v) is 6.01. The monoisotopic (exact) mass is 320 g/mol. The molecule has 3 atom stereocenters. The Balaban J connectivity index is 1.74. The Morgan fingerprint density at radius 3 is 2.78 bits per heavy atom. The van der Waals surface area contributed by atoms with Crippen LogP contribution in [-0.2, 0) is 9.53 Å². The molecular weight excluding hydrogens is 299 g/mol. The largest absolute Gasteiger partial charge is 0.447 e. The lowest BCUT2D eigenvalue weighted by Crippen LogP contribution is -2.41. The molecule has 0 radical (unpaired) electrons. The molecule has 2 amide bonds. The van der Waals surface area contributed by atoms with Crippen LogP contribution in [0.4, 0.5) is 9.18 Å². The number of fused-ring (bicyclic) bond motifs is 1. The Morgan fingerprint density at radius 1 is 1.35 bits per heavy atom. The van der Waals surface area contributed by atoms with E-state index in [-0.39, 0.29) is 30.6 Å². The van der Waals surface area contributed by atoms with E-state index in [0.717, 1.165) is 12.0 Å². The van der Waals surface area contributed by atoms with Crippen LogP contribution >= 0.6 is 0 Å². The summed E-state index contributed by atoms with van der Waals surface area (Å²) in [4.78, 5) is 27.9. The van der Waals surface area contributed by atoms with Crippen molar-refractivity contribution in [3.05, 3.63) is 35.9 Å². The fraction of sp³-hybridized carbons (Fsp3) is 0.529. The number of amides is 2. The first-order valence-electron chi connectivity index (χ1n) is 7.99. The highest BCUT2D eigenvalue weighted by Crippen LogP contribution is 2.38. The molecule has 23 heavy (non-hydrogen) atoms. The van der Waals surface area contributed by atoms with Crippen molar-refractivity contribution in [2.24, 2.45) is 0 Å². The predicted molar refractivity (Wildman–Crippen MR) is 82.5 cm³/mol. The van der Waals surface area contributed by atoms with Crippen molar-refractivity contribution in [2.45, 2.75) is 37.9 Å². The molecule has 0 aromatic heterocycles. The number of benzene rings is 1. The maximum absolute atomic E-state index is 12.5. The smallest absolute Gasteiger partial charge is 0.410 e. The van der Waals surface area contributed by atoms with E-state index in [0.29, 0.717) is 13.0 Å². The number of carbonyl (C=O) groups excluding carboxylic acids is 2. The summed E-state index contributed by atoms with van der Waals surface area (Å²) in [5.41, 5.74) is 1.08. The zero-order chi connectivity index (χ0) is 16.4. The SMILES string of the molecule is C[C@@H](c1ccccc1)N1C(=O)C[C@H]2[C@@H]1CCN2C(=O)OCCF. The zero-order valence-electron chi connectivity index (χ0n) is 13.2. The van der Waals surface area contributed by atoms with Crippen molar-refractivity contribution in [1.82, 2.24) is 9.80 Å². The van der Waals surface area contributed by atoms with E-state index < -0.39 is 12.8 Å². The number of alkyl halides is 1. The Hall–Kier alpha value is -2.11. The van der Waals surface area contributed by atoms with Crippen LogP contribution in [0.2, 0.25) is 0 Å². The van der Waals surface area contributed by atoms with Gasteiger partial charge in [-0.05, 0) is 18.9 Å². The van der Waals surface area contributed by atoms with Crippen molar-refractivity contribution in [2.75, 3.05) is 19.8 Å². The number of hydrogen-bond acceptors (Lipinski definition) is 3. The number of carbonyl (C=O) groups is 2. The Bertz CT molecular complexity index is 580. The van der Waals surface area contributed by atoms with E-state index in [1.165, 1.54) is 0 Å². The number of likely N-dealkylation sites (tertiary alicyclic amines) is 2. The van der Waals surface area contributed by atoms with Gasteiger partial charge in [0.2, 0.25) is 5.91 Å². The van der Waals surface area contributed by atoms with Gasteiger partial charge in [0.25, 0.3) is 0 Å². The number of rotatable bonds is 4. The van der Waals surface area contributed by atoms with Gasteiger partial charge in [-0.15, -0.1) is 0 Å². The molecule has 2 aliphatic rings. The van der Waals surface area contributed by atoms with Crippen molar-refractivity contribution in [3.63, 3.8) is 0 Å². The molecule has 0 aliphatic carbocycles. The Labute approximate surface area is 135 Å². The maximum atomic E-state index is 12.5. The number of nitrogens with zero attached hydrogens (tertiary/aromatic N) is 2. The molecule has 2 heterocycles. The minimum atomic E-state index is -0.691. The molecular formula is C17H21FN2O3. The molecule has 0 unspecified atom stereocenters. The average Bonchev–Trinajstić information content (AvgIpc) is 3.10. The van der Waals surface area contributed by atoms with Gasteiger partial charge in [-0.1, -0.05) is 30.3 Å². The van der Waals surface area contributed by atoms with Crippen LogP contribution in [0, 0.1) is 0 Å². The number of halogens is 1. The van der Waals surface area contributed by atoms with Gasteiger partial charge in [0.05, 0.1) is 18.1 Å². The van der Waals surface area contributed by atoms with Gasteiger partial charge < -0.3 is 14.5 Å². The molecule has 0 N–H and O–H groups in total. The summed E-state index contributed by atoms with van der Waals surface area (Å²) in [7, 11) is 0. The first kappa shape index (κ1) is 15.8. The lowest BCUT2D eigenvalue weighted by Gasteiger charge is -2.30. The van der Waals surface area contributed by atoms with E-state index >= 15 is 0 Å². The van der Waals surface area contributed by atoms with Crippen LogP contribution in [0.25, 0.3) is 0 Å². The third kappa shape index (κ3) is 2.90. The van der Waals surface area contributed by atoms with Crippen molar-refractivity contribution in [3.8, 4) is 0 Å². The Kier molecular flexibility index (Phi) is 4.50. The standard InChI is InChI=1S/C17H21FN2O3/c1-12(13-5-3-2-4-6-13)20-14-7-9-19(15(14)11-16(20)21)17(22)23-10-8-18/h2-6,12,14-15H,7-11H2,1H3/t12-,14-,15-/m0/s1. The summed E-state index contributed by atoms with van der Waals surface area (Å²) in [6, 6.07) is 9.69. The summed E-state index contributed by atoms with van der Waals surface area (Å²) >= 11 is 0. The van der Waals surface area contributed by atoms with E-state index in [2.05, 4.69) is 0 Å². The van der Waals surface area contributed by atoms with Gasteiger partial charge in [-0.25, -0.2) is 9.18 Å². The summed E-state index contributed by atoms with van der Waals surface area (Å²) < 4.78 is 17.0. The van der Waals surface area contributed by atoms with Gasteiger partial charge in [-0.2, -0.15) is 0 Å². The third-order valence-corrected chi connectivity index (χ3v) is 4.78. The highest BCUT2D eigenvalue weighted by atomic mass is 19.1. The quantitative estimate of drug-likeness (QED) is 0.856. The van der Waals surface area contributed by atoms with E-state index in [4.69, 9.17) is 4.74 Å². The molecule has 0 bridgehead atoms. The molecule has 2 saturated heterocycles. The molecule has 5 nitrogen and oxygen atoms in total. The maximum Gasteiger partial charge on any atom is 0.410 e. The molecule has 3 rings (SSSR count). The van der Waals surface area contributed by atoms with Crippen LogP contribution in [0.1, 0.15) is 31.4 Å². The molecule has 2 fully saturated rings. The van der Waals surface area contributed by atoms with Crippen LogP contribution < -0.4 is 0 Å². The highest BCUT2D eigenvalue weighted by Gasteiger charge is 2.50. The van der Waals surface area contributed by atoms with Crippen molar-refractivity contribution >= 4 is 12.0 Å². The van der Waals surface area contributed by atoms with E-state index in [1.54, 1.807) is 4.90 Å². The Morgan fingerprint density at radius 2 is 2.09 bits per heavy atom. The fourth-order valence-electron chi connectivity index (χ4n) is 3.71. The van der Waals surface area contributed by atoms with Gasteiger partial charge in [0.15, 0.2) is 0 Å². The first-order valence-corrected chi connectivity index (χ1v) is 7.99. The minimum Gasteiger partial charge on any atom is -0.447 e. The van der Waals surface area contributed by atoms with Crippen LogP contribution in [0.3, 0.4) is 0 Å². The van der Waals surface area contributed by atoms with Crippen molar-refractivity contribution < 1.29 is 18.7 Å². The molecule has 0 spiro atoms. The summed E-state index contributed by atoms with van der Waals surface area (Å²) in [6.07, 6.45) is 0.530. The highest BCUT2D eigenvalue weighted by molar-refractivity contribution is 5.82. The van der Waals surface area contributed by atoms with Gasteiger partial charge in [0, 0.05) is 13.0 Å². The van der Waals surface area contributed by atoms with Crippen LogP contribution in [-0.4, -0.2) is 53.7 Å². The molecule has 1 aromatic rings. The lowest BCUT2D eigenvalue weighted by atomic mass is 10.0. The second-order valence-electron chi connectivity index (χ2n) is 6.01. The van der Waals surface area contributed by atoms with E-state index in [9.17, 15) is 14.0 Å². The van der Waals surface area contributed by atoms with Gasteiger partial charge in [-0.3, -0.25) is 4.79 Å². The van der Waals surface area contributed by atoms with Crippen molar-refractivity contribution in [1.29, 1.82) is 0 Å².